The Bertz CT molecular complexity index is 478. The van der Waals surface area contributed by atoms with Gasteiger partial charge in [0.05, 0.1) is 16.1 Å². The molecule has 1 rings (SSSR count). The van der Waals surface area contributed by atoms with Crippen molar-refractivity contribution in [1.82, 2.24) is 0 Å². The summed E-state index contributed by atoms with van der Waals surface area (Å²) in [4.78, 5) is 2.55. The van der Waals surface area contributed by atoms with Gasteiger partial charge in [0.15, 0.2) is 0 Å². The number of nitrogens with zero attached hydrogens (tertiary/aromatic N) is 3. The molecule has 0 amide bonds. The molecule has 0 bridgehead atoms. The first-order valence-electron chi connectivity index (χ1n) is 4.98. The van der Waals surface area contributed by atoms with Gasteiger partial charge in [-0.25, -0.2) is 0 Å². The fourth-order valence-corrected chi connectivity index (χ4v) is 2.12. The molecule has 5 nitrogen and oxygen atoms in total. The van der Waals surface area contributed by atoms with Crippen molar-refractivity contribution in [2.24, 2.45) is 5.11 Å². The Morgan fingerprint density at radius 1 is 1.28 bits per heavy atom. The molecule has 0 spiro atoms. The zero-order chi connectivity index (χ0) is 13.7. The van der Waals surface area contributed by atoms with Crippen molar-refractivity contribution in [2.75, 3.05) is 6.54 Å². The molecule has 1 aromatic rings. The van der Waals surface area contributed by atoms with Gasteiger partial charge in [-0.3, -0.25) is 0 Å². The number of aliphatic hydroxyl groups is 2. The van der Waals surface area contributed by atoms with Crippen LogP contribution in [-0.2, 0) is 0 Å². The molecular weight excluding hydrogens is 300 g/mol. The molecule has 98 valence electrons. The summed E-state index contributed by atoms with van der Waals surface area (Å²) in [5, 5.41) is 23.6. The summed E-state index contributed by atoms with van der Waals surface area (Å²) in [6, 6.07) is 2.87. The van der Waals surface area contributed by atoms with E-state index in [2.05, 4.69) is 10.0 Å². The Labute approximate surface area is 119 Å². The van der Waals surface area contributed by atoms with E-state index in [0.717, 1.165) is 0 Å². The van der Waals surface area contributed by atoms with Crippen LogP contribution in [0.15, 0.2) is 17.2 Å². The fraction of sp³-hybridized carbons (Fsp3) is 0.400. The summed E-state index contributed by atoms with van der Waals surface area (Å²) in [7, 11) is 0. The van der Waals surface area contributed by atoms with Crippen LogP contribution in [0.3, 0.4) is 0 Å². The molecule has 0 aliphatic heterocycles. The van der Waals surface area contributed by atoms with E-state index >= 15 is 0 Å². The number of halogens is 3. The lowest BCUT2D eigenvalue weighted by Gasteiger charge is -2.19. The molecule has 0 heterocycles. The third kappa shape index (κ3) is 3.92. The Balaban J connectivity index is 2.89. The van der Waals surface area contributed by atoms with Crippen molar-refractivity contribution in [3.63, 3.8) is 0 Å². The second-order valence-corrected chi connectivity index (χ2v) is 4.77. The molecule has 0 radical (unpaired) electrons. The second-order valence-electron chi connectivity index (χ2n) is 3.55. The topological polar surface area (TPSA) is 89.2 Å². The van der Waals surface area contributed by atoms with E-state index in [1.807, 2.05) is 0 Å². The lowest BCUT2D eigenvalue weighted by atomic mass is 10.0. The Kier molecular flexibility index (Phi) is 6.02. The second kappa shape index (κ2) is 7.04. The number of hydrogen-bond donors (Lipinski definition) is 2. The summed E-state index contributed by atoms with van der Waals surface area (Å²) in [6.07, 6.45) is -2.27. The van der Waals surface area contributed by atoms with Crippen LogP contribution in [0.5, 0.6) is 0 Å². The van der Waals surface area contributed by atoms with E-state index < -0.39 is 12.2 Å². The molecule has 0 aromatic heterocycles. The molecule has 1 aromatic carbocycles. The predicted octanol–water partition coefficient (Wildman–Crippen LogP) is 3.74. The van der Waals surface area contributed by atoms with Crippen molar-refractivity contribution < 1.29 is 10.2 Å². The largest absolute Gasteiger partial charge is 0.390 e. The third-order valence-corrected chi connectivity index (χ3v) is 3.33. The van der Waals surface area contributed by atoms with Crippen LogP contribution in [0.2, 0.25) is 15.1 Å². The smallest absolute Gasteiger partial charge is 0.106 e. The van der Waals surface area contributed by atoms with Crippen molar-refractivity contribution >= 4 is 34.8 Å². The zero-order valence-corrected chi connectivity index (χ0v) is 11.4. The maximum atomic E-state index is 9.93. The van der Waals surface area contributed by atoms with Crippen LogP contribution in [0.25, 0.3) is 10.4 Å². The maximum absolute atomic E-state index is 9.93. The molecule has 0 aliphatic carbocycles. The van der Waals surface area contributed by atoms with Gasteiger partial charge < -0.3 is 10.2 Å². The molecule has 8 heteroatoms. The van der Waals surface area contributed by atoms with Gasteiger partial charge in [0.1, 0.15) is 6.10 Å². The van der Waals surface area contributed by atoms with Gasteiger partial charge >= 0.3 is 0 Å². The molecule has 0 saturated heterocycles. The van der Waals surface area contributed by atoms with Crippen molar-refractivity contribution in [2.45, 2.75) is 18.6 Å². The van der Waals surface area contributed by atoms with Crippen molar-refractivity contribution in [1.29, 1.82) is 0 Å². The number of azide groups is 1. The molecule has 2 unspecified atom stereocenters. The van der Waals surface area contributed by atoms with Gasteiger partial charge in [-0.15, -0.1) is 0 Å². The van der Waals surface area contributed by atoms with Crippen LogP contribution < -0.4 is 0 Å². The maximum Gasteiger partial charge on any atom is 0.106 e. The van der Waals surface area contributed by atoms with Crippen LogP contribution in [0, 0.1) is 0 Å². The van der Waals surface area contributed by atoms with Gasteiger partial charge in [0, 0.05) is 22.0 Å². The van der Waals surface area contributed by atoms with E-state index in [9.17, 15) is 10.2 Å². The third-order valence-electron chi connectivity index (χ3n) is 2.29. The number of rotatable bonds is 5. The monoisotopic (exact) mass is 309 g/mol. The van der Waals surface area contributed by atoms with Crippen LogP contribution in [0.4, 0.5) is 0 Å². The standard InChI is InChI=1S/C10H10Cl3N3O2/c11-5-3-6(9(13)7(12)4-5)10(18)8(17)1-2-15-16-14/h3-4,8,10,17-18H,1-2H2. The first-order chi connectivity index (χ1) is 8.47. The summed E-state index contributed by atoms with van der Waals surface area (Å²) in [5.74, 6) is 0. The normalized spacial score (nSPS) is 13.8. The minimum atomic E-state index is -1.25. The van der Waals surface area contributed by atoms with Gasteiger partial charge in [0.2, 0.25) is 0 Å². The Morgan fingerprint density at radius 2 is 1.94 bits per heavy atom. The number of hydrogen-bond acceptors (Lipinski definition) is 3. The fourth-order valence-electron chi connectivity index (χ4n) is 1.39. The van der Waals surface area contributed by atoms with E-state index in [1.165, 1.54) is 12.1 Å². The van der Waals surface area contributed by atoms with Gasteiger partial charge in [0.25, 0.3) is 0 Å². The Hall–Kier alpha value is -0.680. The minimum Gasteiger partial charge on any atom is -0.390 e. The lowest BCUT2D eigenvalue weighted by Crippen LogP contribution is -2.19. The first-order valence-corrected chi connectivity index (χ1v) is 6.12. The molecule has 18 heavy (non-hydrogen) atoms. The highest BCUT2D eigenvalue weighted by Crippen LogP contribution is 2.34. The quantitative estimate of drug-likeness (QED) is 0.375. The van der Waals surface area contributed by atoms with Crippen molar-refractivity contribution in [3.8, 4) is 0 Å². The first kappa shape index (κ1) is 15.4. The highest BCUT2D eigenvalue weighted by molar-refractivity contribution is 6.43. The van der Waals surface area contributed by atoms with Gasteiger partial charge in [-0.1, -0.05) is 39.9 Å². The number of benzene rings is 1. The molecule has 0 saturated carbocycles. The van der Waals surface area contributed by atoms with E-state index in [0.29, 0.717) is 5.02 Å². The summed E-state index contributed by atoms with van der Waals surface area (Å²) < 4.78 is 0. The van der Waals surface area contributed by atoms with Crippen LogP contribution in [-0.4, -0.2) is 22.9 Å². The van der Waals surface area contributed by atoms with E-state index in [4.69, 9.17) is 40.3 Å². The molecule has 2 atom stereocenters. The molecular formula is C10H10Cl3N3O2. The molecule has 0 aliphatic rings. The highest BCUT2D eigenvalue weighted by atomic mass is 35.5. The molecule has 0 fully saturated rings. The molecule has 2 N–H and O–H groups in total. The lowest BCUT2D eigenvalue weighted by molar-refractivity contribution is 0.0151. The minimum absolute atomic E-state index is 0.0701. The van der Waals surface area contributed by atoms with E-state index in [-0.39, 0.29) is 28.6 Å². The van der Waals surface area contributed by atoms with Gasteiger partial charge in [-0.05, 0) is 24.1 Å². The van der Waals surface area contributed by atoms with Gasteiger partial charge in [-0.2, -0.15) is 0 Å². The van der Waals surface area contributed by atoms with Crippen LogP contribution >= 0.6 is 34.8 Å². The zero-order valence-electron chi connectivity index (χ0n) is 9.09. The van der Waals surface area contributed by atoms with E-state index in [1.54, 1.807) is 0 Å². The highest BCUT2D eigenvalue weighted by Gasteiger charge is 2.22. The average molecular weight is 311 g/mol. The Morgan fingerprint density at radius 3 is 2.56 bits per heavy atom. The predicted molar refractivity (Wildman–Crippen MR) is 71.1 cm³/mol. The van der Waals surface area contributed by atoms with Crippen molar-refractivity contribution in [3.05, 3.63) is 43.2 Å². The summed E-state index contributed by atoms with van der Waals surface area (Å²) >= 11 is 17.5. The van der Waals surface area contributed by atoms with Crippen LogP contribution in [0.1, 0.15) is 18.1 Å². The SMILES string of the molecule is [N-]=[N+]=NCCC(O)C(O)c1cc(Cl)cc(Cl)c1Cl. The average Bonchev–Trinajstić information content (AvgIpc) is 2.33. The number of aliphatic hydroxyl groups excluding tert-OH is 2. The summed E-state index contributed by atoms with van der Waals surface area (Å²) in [6.45, 7) is 0.0701. The summed E-state index contributed by atoms with van der Waals surface area (Å²) in [5.41, 5.74) is 8.35.